The van der Waals surface area contributed by atoms with Crippen LogP contribution < -0.4 is 5.73 Å². The van der Waals surface area contributed by atoms with Crippen LogP contribution >= 0.6 is 0 Å². The van der Waals surface area contributed by atoms with Crippen LogP contribution in [0, 0.1) is 5.41 Å². The lowest BCUT2D eigenvalue weighted by Crippen LogP contribution is -2.22. The first-order chi connectivity index (χ1) is 4.72. The molecule has 0 saturated carbocycles. The molecule has 0 bridgehead atoms. The van der Waals surface area contributed by atoms with Crippen molar-refractivity contribution in [3.63, 3.8) is 0 Å². The highest BCUT2D eigenvalue weighted by Crippen LogP contribution is 1.91. The third-order valence-corrected chi connectivity index (χ3v) is 1.15. The molecule has 0 saturated heterocycles. The normalized spacial score (nSPS) is 11.6. The molecule has 3 nitrogen and oxygen atoms in total. The lowest BCUT2D eigenvalue weighted by atomic mass is 10.2. The van der Waals surface area contributed by atoms with Gasteiger partial charge in [0, 0.05) is 6.54 Å². The number of rotatable bonds is 4. The van der Waals surface area contributed by atoms with E-state index in [0.29, 0.717) is 0 Å². The lowest BCUT2D eigenvalue weighted by Gasteiger charge is -1.99. The third kappa shape index (κ3) is 3.22. The van der Waals surface area contributed by atoms with Crippen LogP contribution in [0.1, 0.15) is 26.7 Å². The predicted molar refractivity (Wildman–Crippen MR) is 44.8 cm³/mol. The monoisotopic (exact) mass is 141 g/mol. The standard InChI is InChI=1S/C7H15N3/c1-3-5-6(7(8)9)10-4-2/h3-5H2,1-2H3,(H3,8,9). The van der Waals surface area contributed by atoms with Crippen LogP contribution in [-0.2, 0) is 0 Å². The Bertz CT molecular complexity index is 138. The smallest absolute Gasteiger partial charge is 0.137 e. The van der Waals surface area contributed by atoms with Crippen molar-refractivity contribution in [2.75, 3.05) is 6.54 Å². The highest BCUT2D eigenvalue weighted by molar-refractivity contribution is 6.39. The average Bonchev–Trinajstić information content (AvgIpc) is 1.87. The first kappa shape index (κ1) is 9.14. The maximum Gasteiger partial charge on any atom is 0.137 e. The van der Waals surface area contributed by atoms with E-state index in [1.165, 1.54) is 0 Å². The molecule has 0 aliphatic carbocycles. The molecule has 0 atom stereocenters. The summed E-state index contributed by atoms with van der Waals surface area (Å²) in [6, 6.07) is 0. The van der Waals surface area contributed by atoms with Crippen molar-refractivity contribution in [3.8, 4) is 0 Å². The van der Waals surface area contributed by atoms with Crippen LogP contribution in [0.5, 0.6) is 0 Å². The van der Waals surface area contributed by atoms with Gasteiger partial charge in [-0.05, 0) is 13.3 Å². The van der Waals surface area contributed by atoms with Gasteiger partial charge in [0.2, 0.25) is 0 Å². The Kier molecular flexibility index (Phi) is 4.54. The number of nitrogens with two attached hydrogens (primary N) is 1. The lowest BCUT2D eigenvalue weighted by molar-refractivity contribution is 0.982. The number of nitrogens with zero attached hydrogens (tertiary/aromatic N) is 1. The quantitative estimate of drug-likeness (QED) is 0.448. The molecule has 0 aromatic heterocycles. The number of aliphatic imine (C=N–C) groups is 1. The van der Waals surface area contributed by atoms with Gasteiger partial charge in [-0.3, -0.25) is 10.4 Å². The van der Waals surface area contributed by atoms with Crippen molar-refractivity contribution >= 4 is 11.5 Å². The molecule has 0 aromatic rings. The fourth-order valence-corrected chi connectivity index (χ4v) is 0.727. The summed E-state index contributed by atoms with van der Waals surface area (Å²) in [5.74, 6) is 0.115. The van der Waals surface area contributed by atoms with E-state index in [-0.39, 0.29) is 5.84 Å². The van der Waals surface area contributed by atoms with Crippen molar-refractivity contribution in [1.82, 2.24) is 0 Å². The predicted octanol–water partition coefficient (Wildman–Crippen LogP) is 1.18. The van der Waals surface area contributed by atoms with E-state index < -0.39 is 0 Å². The van der Waals surface area contributed by atoms with Crippen LogP contribution in [-0.4, -0.2) is 18.1 Å². The van der Waals surface area contributed by atoms with Gasteiger partial charge in [0.05, 0.1) is 5.71 Å². The zero-order valence-corrected chi connectivity index (χ0v) is 6.65. The Balaban J connectivity index is 3.98. The molecule has 3 N–H and O–H groups in total. The molecule has 3 heteroatoms. The molecule has 0 radical (unpaired) electrons. The Labute approximate surface area is 61.8 Å². The molecule has 0 rings (SSSR count). The molecule has 10 heavy (non-hydrogen) atoms. The SMILES string of the molecule is CCCC(=NCC)C(=N)N. The highest BCUT2D eigenvalue weighted by Gasteiger charge is 1.98. The maximum atomic E-state index is 7.11. The van der Waals surface area contributed by atoms with Gasteiger partial charge >= 0.3 is 0 Å². The molecule has 0 amide bonds. The fraction of sp³-hybridized carbons (Fsp3) is 0.714. The molecule has 58 valence electrons. The topological polar surface area (TPSA) is 62.2 Å². The molecular formula is C7H15N3. The van der Waals surface area contributed by atoms with Gasteiger partial charge < -0.3 is 5.73 Å². The Hall–Kier alpha value is -0.860. The first-order valence-electron chi connectivity index (χ1n) is 3.60. The van der Waals surface area contributed by atoms with E-state index in [1.807, 2.05) is 13.8 Å². The van der Waals surface area contributed by atoms with Gasteiger partial charge in [0.25, 0.3) is 0 Å². The fourth-order valence-electron chi connectivity index (χ4n) is 0.727. The number of hydrogen-bond acceptors (Lipinski definition) is 2. The minimum absolute atomic E-state index is 0.115. The Morgan fingerprint density at radius 2 is 2.10 bits per heavy atom. The van der Waals surface area contributed by atoms with E-state index >= 15 is 0 Å². The summed E-state index contributed by atoms with van der Waals surface area (Å²) in [4.78, 5) is 4.08. The summed E-state index contributed by atoms with van der Waals surface area (Å²) in [6.07, 6.45) is 1.82. The van der Waals surface area contributed by atoms with Crippen molar-refractivity contribution < 1.29 is 0 Å². The summed E-state index contributed by atoms with van der Waals surface area (Å²) in [5.41, 5.74) is 6.00. The highest BCUT2D eigenvalue weighted by atomic mass is 14.8. The van der Waals surface area contributed by atoms with Crippen LogP contribution in [0.3, 0.4) is 0 Å². The molecule has 0 fully saturated rings. The zero-order valence-electron chi connectivity index (χ0n) is 6.65. The second-order valence-corrected chi connectivity index (χ2v) is 2.08. The Morgan fingerprint density at radius 3 is 2.40 bits per heavy atom. The van der Waals surface area contributed by atoms with Crippen molar-refractivity contribution in [3.05, 3.63) is 0 Å². The Morgan fingerprint density at radius 1 is 1.50 bits per heavy atom. The van der Waals surface area contributed by atoms with Gasteiger partial charge in [-0.25, -0.2) is 0 Å². The number of nitrogens with one attached hydrogen (secondary N) is 1. The summed E-state index contributed by atoms with van der Waals surface area (Å²) >= 11 is 0. The van der Waals surface area contributed by atoms with E-state index in [1.54, 1.807) is 0 Å². The zero-order chi connectivity index (χ0) is 7.98. The third-order valence-electron chi connectivity index (χ3n) is 1.15. The van der Waals surface area contributed by atoms with E-state index in [9.17, 15) is 0 Å². The van der Waals surface area contributed by atoms with Crippen molar-refractivity contribution in [2.24, 2.45) is 10.7 Å². The number of amidine groups is 1. The van der Waals surface area contributed by atoms with Crippen LogP contribution in [0.4, 0.5) is 0 Å². The second-order valence-electron chi connectivity index (χ2n) is 2.08. The minimum atomic E-state index is 0.115. The minimum Gasteiger partial charge on any atom is -0.383 e. The van der Waals surface area contributed by atoms with E-state index in [2.05, 4.69) is 4.99 Å². The van der Waals surface area contributed by atoms with Gasteiger partial charge in [0.15, 0.2) is 0 Å². The molecule has 0 aliphatic heterocycles. The average molecular weight is 141 g/mol. The molecule has 0 aromatic carbocycles. The maximum absolute atomic E-state index is 7.11. The van der Waals surface area contributed by atoms with Crippen LogP contribution in [0.2, 0.25) is 0 Å². The van der Waals surface area contributed by atoms with E-state index in [4.69, 9.17) is 11.1 Å². The van der Waals surface area contributed by atoms with Crippen LogP contribution in [0.15, 0.2) is 4.99 Å². The first-order valence-corrected chi connectivity index (χ1v) is 3.60. The van der Waals surface area contributed by atoms with Gasteiger partial charge in [-0.15, -0.1) is 0 Å². The summed E-state index contributed by atoms with van der Waals surface area (Å²) in [6.45, 7) is 4.71. The second kappa shape index (κ2) is 4.97. The molecule has 0 aliphatic rings. The molecule has 0 spiro atoms. The van der Waals surface area contributed by atoms with Gasteiger partial charge in [0.1, 0.15) is 5.84 Å². The summed E-state index contributed by atoms with van der Waals surface area (Å²) < 4.78 is 0. The number of hydrogen-bond donors (Lipinski definition) is 2. The van der Waals surface area contributed by atoms with Crippen molar-refractivity contribution in [1.29, 1.82) is 5.41 Å². The summed E-state index contributed by atoms with van der Waals surface area (Å²) in [5, 5.41) is 7.11. The molecule has 0 heterocycles. The van der Waals surface area contributed by atoms with Gasteiger partial charge in [-0.1, -0.05) is 13.3 Å². The molecule has 0 unspecified atom stereocenters. The summed E-state index contributed by atoms with van der Waals surface area (Å²) in [7, 11) is 0. The molecular weight excluding hydrogens is 126 g/mol. The van der Waals surface area contributed by atoms with Crippen LogP contribution in [0.25, 0.3) is 0 Å². The largest absolute Gasteiger partial charge is 0.383 e. The van der Waals surface area contributed by atoms with E-state index in [0.717, 1.165) is 25.1 Å². The van der Waals surface area contributed by atoms with Gasteiger partial charge in [-0.2, -0.15) is 0 Å². The van der Waals surface area contributed by atoms with Crippen molar-refractivity contribution in [2.45, 2.75) is 26.7 Å².